The Labute approximate surface area is 204 Å². The van der Waals surface area contributed by atoms with Gasteiger partial charge >= 0.3 is 5.92 Å². The number of aliphatic hydroxyl groups excluding tert-OH is 1. The van der Waals surface area contributed by atoms with Crippen LogP contribution in [-0.2, 0) is 16.7 Å². The molecule has 2 aliphatic carbocycles. The number of hydrogen-bond donors (Lipinski definition) is 2. The summed E-state index contributed by atoms with van der Waals surface area (Å²) < 4.78 is 42.1. The molecule has 1 saturated heterocycles. The lowest BCUT2D eigenvalue weighted by atomic mass is 9.77. The molecule has 6 rings (SSSR count). The van der Waals surface area contributed by atoms with Crippen LogP contribution in [0.5, 0.6) is 0 Å². The lowest BCUT2D eigenvalue weighted by molar-refractivity contribution is 0.0191. The van der Waals surface area contributed by atoms with Crippen molar-refractivity contribution >= 4 is 34.2 Å². The van der Waals surface area contributed by atoms with Crippen molar-refractivity contribution in [1.82, 2.24) is 9.97 Å². The second-order valence-electron chi connectivity index (χ2n) is 10.3. The molecule has 2 aliphatic heterocycles. The van der Waals surface area contributed by atoms with Crippen molar-refractivity contribution in [2.45, 2.75) is 54.4 Å². The van der Waals surface area contributed by atoms with Crippen LogP contribution in [0.4, 0.5) is 20.5 Å². The van der Waals surface area contributed by atoms with E-state index in [0.29, 0.717) is 30.8 Å². The smallest absolute Gasteiger partial charge is 0.302 e. The van der Waals surface area contributed by atoms with Crippen LogP contribution in [0.1, 0.15) is 49.3 Å². The first-order valence-electron chi connectivity index (χ1n) is 11.9. The molecule has 6 nitrogen and oxygen atoms in total. The third-order valence-electron chi connectivity index (χ3n) is 8.11. The van der Waals surface area contributed by atoms with Gasteiger partial charge in [0.15, 0.2) is 0 Å². The average Bonchev–Trinajstić information content (AvgIpc) is 3.41. The monoisotopic (exact) mass is 508 g/mol. The van der Waals surface area contributed by atoms with Gasteiger partial charge in [-0.15, -0.1) is 0 Å². The fourth-order valence-electron chi connectivity index (χ4n) is 6.08. The minimum absolute atomic E-state index is 0.00401. The molecule has 3 fully saturated rings. The summed E-state index contributed by atoms with van der Waals surface area (Å²) in [4.78, 5) is 10.9. The quantitative estimate of drug-likeness (QED) is 0.627. The van der Waals surface area contributed by atoms with Gasteiger partial charge in [0, 0.05) is 18.1 Å². The van der Waals surface area contributed by atoms with Crippen molar-refractivity contribution < 1.29 is 18.1 Å². The number of halogens is 3. The maximum atomic E-state index is 14.8. The summed E-state index contributed by atoms with van der Waals surface area (Å²) in [7, 11) is -1.88. The van der Waals surface area contributed by atoms with Crippen molar-refractivity contribution in [3.63, 3.8) is 0 Å². The van der Waals surface area contributed by atoms with Gasteiger partial charge in [0.1, 0.15) is 16.4 Å². The molecule has 10 heteroatoms. The lowest BCUT2D eigenvalue weighted by Gasteiger charge is -2.41. The Hall–Kier alpha value is -1.84. The maximum Gasteiger partial charge on any atom is 0.302 e. The normalized spacial score (nSPS) is 30.6. The van der Waals surface area contributed by atoms with Crippen molar-refractivity contribution in [2.75, 3.05) is 35.7 Å². The minimum Gasteiger partial charge on any atom is -0.394 e. The number of hydrogen-bond acceptors (Lipinski definition) is 6. The number of anilines is 2. The number of nitrogens with zero attached hydrogens (tertiary/aromatic N) is 3. The fraction of sp³-hybridized carbons (Fsp3) is 0.583. The van der Waals surface area contributed by atoms with E-state index in [1.165, 1.54) is 5.56 Å². The van der Waals surface area contributed by atoms with Crippen LogP contribution in [0.15, 0.2) is 29.2 Å². The van der Waals surface area contributed by atoms with Crippen LogP contribution in [-0.4, -0.2) is 50.3 Å². The molecule has 3 atom stereocenters. The number of aromatic nitrogens is 2. The van der Waals surface area contributed by atoms with Crippen molar-refractivity contribution in [2.24, 2.45) is 11.8 Å². The zero-order chi connectivity index (χ0) is 23.7. The van der Waals surface area contributed by atoms with Gasteiger partial charge in [-0.2, -0.15) is 13.8 Å². The molecule has 0 spiro atoms. The molecule has 2 N–H and O–H groups in total. The molecule has 2 aromatic rings. The Bertz CT molecular complexity index is 1130. The molecule has 182 valence electrons. The number of fused-ring (bicyclic) bond motifs is 2. The zero-order valence-corrected chi connectivity index (χ0v) is 20.2. The first kappa shape index (κ1) is 22.6. The number of rotatable bonds is 5. The summed E-state index contributed by atoms with van der Waals surface area (Å²) >= 11 is 6.03. The van der Waals surface area contributed by atoms with Crippen molar-refractivity contribution in [1.29, 1.82) is 0 Å². The molecule has 1 aromatic heterocycles. The van der Waals surface area contributed by atoms with Gasteiger partial charge in [-0.3, -0.25) is 4.21 Å². The van der Waals surface area contributed by atoms with Crippen molar-refractivity contribution in [3.8, 4) is 0 Å². The van der Waals surface area contributed by atoms with Gasteiger partial charge in [-0.1, -0.05) is 23.7 Å². The van der Waals surface area contributed by atoms with Crippen molar-refractivity contribution in [3.05, 3.63) is 40.5 Å². The van der Waals surface area contributed by atoms with E-state index in [-0.39, 0.29) is 23.3 Å². The predicted octanol–water partition coefficient (Wildman–Crippen LogP) is 4.30. The molecule has 2 unspecified atom stereocenters. The van der Waals surface area contributed by atoms with E-state index in [1.54, 1.807) is 0 Å². The molecule has 1 aromatic carbocycles. The SMILES string of the molecule is O=[S@]1CC(F)(F)c2nc(N3CC4CC(c5ccc(Cl)cc5)CC4C3)nc(NC3(CO)CCC3)c21. The van der Waals surface area contributed by atoms with E-state index in [9.17, 15) is 18.1 Å². The maximum absolute atomic E-state index is 14.8. The number of nitrogens with one attached hydrogen (secondary N) is 1. The van der Waals surface area contributed by atoms with Crippen LogP contribution in [0.3, 0.4) is 0 Å². The summed E-state index contributed by atoms with van der Waals surface area (Å²) in [6, 6.07) is 8.03. The Morgan fingerprint density at radius 2 is 1.82 bits per heavy atom. The summed E-state index contributed by atoms with van der Waals surface area (Å²) in [6.45, 7) is 1.31. The van der Waals surface area contributed by atoms with Crippen LogP contribution in [0.2, 0.25) is 5.02 Å². The van der Waals surface area contributed by atoms with Gasteiger partial charge in [-0.25, -0.2) is 4.98 Å². The predicted molar refractivity (Wildman–Crippen MR) is 127 cm³/mol. The average molecular weight is 509 g/mol. The number of aliphatic hydroxyl groups is 1. The van der Waals surface area contributed by atoms with E-state index >= 15 is 0 Å². The molecule has 0 radical (unpaired) electrons. The fourth-order valence-corrected chi connectivity index (χ4v) is 7.54. The largest absolute Gasteiger partial charge is 0.394 e. The first-order chi connectivity index (χ1) is 16.3. The van der Waals surface area contributed by atoms with Gasteiger partial charge in [0.05, 0.1) is 28.7 Å². The van der Waals surface area contributed by atoms with Crippen LogP contribution in [0.25, 0.3) is 0 Å². The van der Waals surface area contributed by atoms with Gasteiger partial charge < -0.3 is 15.3 Å². The summed E-state index contributed by atoms with van der Waals surface area (Å²) in [6.07, 6.45) is 4.46. The highest BCUT2D eigenvalue weighted by Gasteiger charge is 2.50. The Kier molecular flexibility index (Phi) is 5.39. The van der Waals surface area contributed by atoms with E-state index < -0.39 is 33.7 Å². The molecule has 0 bridgehead atoms. The highest BCUT2D eigenvalue weighted by Crippen LogP contribution is 2.49. The van der Waals surface area contributed by atoms with E-state index in [1.807, 2.05) is 17.0 Å². The highest BCUT2D eigenvalue weighted by molar-refractivity contribution is 7.85. The summed E-state index contributed by atoms with van der Waals surface area (Å²) in [5.41, 5.74) is 0.277. The second kappa shape index (κ2) is 8.10. The molecule has 3 heterocycles. The number of alkyl halides is 2. The minimum atomic E-state index is -3.25. The van der Waals surface area contributed by atoms with E-state index in [4.69, 9.17) is 11.6 Å². The summed E-state index contributed by atoms with van der Waals surface area (Å²) in [5.74, 6) is -2.20. The lowest BCUT2D eigenvalue weighted by Crippen LogP contribution is -2.48. The zero-order valence-electron chi connectivity index (χ0n) is 18.6. The Balaban J connectivity index is 1.27. The number of benzene rings is 1. The standard InChI is InChI=1S/C24H27ClF2N4O2S/c25-18-4-2-14(3-5-18)15-8-16-10-31(11-17(16)9-15)22-28-20-19(34(33)13-24(20,26)27)21(29-22)30-23(12-32)6-1-7-23/h2-5,15-17,32H,1,6-13H2,(H,28,29,30)/t15?,16?,17?,34-/m0/s1. The highest BCUT2D eigenvalue weighted by atomic mass is 35.5. The molecular weight excluding hydrogens is 482 g/mol. The Morgan fingerprint density at radius 1 is 1.15 bits per heavy atom. The molecule has 0 amide bonds. The van der Waals surface area contributed by atoms with Crippen LogP contribution >= 0.6 is 11.6 Å². The molecule has 4 aliphatic rings. The van der Waals surface area contributed by atoms with E-state index in [2.05, 4.69) is 27.4 Å². The third-order valence-corrected chi connectivity index (χ3v) is 9.83. The van der Waals surface area contributed by atoms with Gasteiger partial charge in [0.2, 0.25) is 5.95 Å². The summed E-state index contributed by atoms with van der Waals surface area (Å²) in [5, 5.41) is 13.8. The van der Waals surface area contributed by atoms with Gasteiger partial charge in [-0.05, 0) is 67.6 Å². The third kappa shape index (κ3) is 3.71. The topological polar surface area (TPSA) is 78.4 Å². The van der Waals surface area contributed by atoms with E-state index in [0.717, 1.165) is 37.1 Å². The Morgan fingerprint density at radius 3 is 2.41 bits per heavy atom. The second-order valence-corrected chi connectivity index (χ2v) is 12.1. The van der Waals surface area contributed by atoms with Crippen LogP contribution in [0, 0.1) is 11.8 Å². The first-order valence-corrected chi connectivity index (χ1v) is 13.5. The molecule has 2 saturated carbocycles. The molecular formula is C24H27ClF2N4O2S. The van der Waals surface area contributed by atoms with Gasteiger partial charge in [0.25, 0.3) is 0 Å². The van der Waals surface area contributed by atoms with Crippen LogP contribution < -0.4 is 10.2 Å². The molecule has 34 heavy (non-hydrogen) atoms.